The standard InChI is InChI=1S/C20H16N4OS/c25-19(15-5-7-18(8-6-15)24-10-1-2-11-24)22-13-17-14-26-20(23-17)16-4-3-9-21-12-16/h1-12,14H,13H2,(H,22,25). The van der Waals surface area contributed by atoms with E-state index in [1.165, 1.54) is 0 Å². The van der Waals surface area contributed by atoms with Gasteiger partial charge in [0, 0.05) is 47.0 Å². The molecule has 0 fully saturated rings. The number of pyridine rings is 1. The van der Waals surface area contributed by atoms with Crippen molar-refractivity contribution in [2.45, 2.75) is 6.54 Å². The molecule has 0 bridgehead atoms. The minimum Gasteiger partial charge on any atom is -0.346 e. The Morgan fingerprint density at radius 3 is 2.62 bits per heavy atom. The normalized spacial score (nSPS) is 10.6. The van der Waals surface area contributed by atoms with Crippen molar-refractivity contribution < 1.29 is 4.79 Å². The lowest BCUT2D eigenvalue weighted by Gasteiger charge is -2.06. The first-order valence-corrected chi connectivity index (χ1v) is 9.04. The van der Waals surface area contributed by atoms with E-state index in [4.69, 9.17) is 0 Å². The van der Waals surface area contributed by atoms with Gasteiger partial charge in [-0.15, -0.1) is 11.3 Å². The van der Waals surface area contributed by atoms with Gasteiger partial charge >= 0.3 is 0 Å². The van der Waals surface area contributed by atoms with Gasteiger partial charge in [0.25, 0.3) is 5.91 Å². The van der Waals surface area contributed by atoms with Gasteiger partial charge in [0.15, 0.2) is 0 Å². The van der Waals surface area contributed by atoms with Crippen molar-refractivity contribution in [2.24, 2.45) is 0 Å². The Bertz CT molecular complexity index is 992. The quantitative estimate of drug-likeness (QED) is 0.587. The van der Waals surface area contributed by atoms with Crippen molar-refractivity contribution in [3.05, 3.63) is 90.0 Å². The van der Waals surface area contributed by atoms with Gasteiger partial charge < -0.3 is 9.88 Å². The van der Waals surface area contributed by atoms with Gasteiger partial charge in [0.2, 0.25) is 0 Å². The zero-order valence-corrected chi connectivity index (χ0v) is 14.7. The number of thiazole rings is 1. The molecular formula is C20H16N4OS. The van der Waals surface area contributed by atoms with Crippen LogP contribution in [-0.2, 0) is 6.54 Å². The maximum atomic E-state index is 12.3. The number of benzene rings is 1. The molecule has 26 heavy (non-hydrogen) atoms. The van der Waals surface area contributed by atoms with Crippen LogP contribution in [0.4, 0.5) is 0 Å². The molecule has 0 aliphatic carbocycles. The molecule has 3 aromatic heterocycles. The molecule has 3 heterocycles. The number of aromatic nitrogens is 3. The van der Waals surface area contributed by atoms with E-state index in [0.717, 1.165) is 22.0 Å². The van der Waals surface area contributed by atoms with Crippen molar-refractivity contribution in [1.29, 1.82) is 0 Å². The number of carbonyl (C=O) groups is 1. The molecule has 128 valence electrons. The summed E-state index contributed by atoms with van der Waals surface area (Å²) in [6.07, 6.45) is 7.46. The first-order chi connectivity index (χ1) is 12.8. The lowest BCUT2D eigenvalue weighted by molar-refractivity contribution is 0.0950. The number of hydrogen-bond donors (Lipinski definition) is 1. The molecule has 0 radical (unpaired) electrons. The molecule has 0 saturated heterocycles. The van der Waals surface area contributed by atoms with Crippen LogP contribution in [0, 0.1) is 0 Å². The highest BCUT2D eigenvalue weighted by molar-refractivity contribution is 7.13. The van der Waals surface area contributed by atoms with E-state index < -0.39 is 0 Å². The highest BCUT2D eigenvalue weighted by Crippen LogP contribution is 2.22. The summed E-state index contributed by atoms with van der Waals surface area (Å²) in [5.74, 6) is -0.111. The predicted molar refractivity (Wildman–Crippen MR) is 102 cm³/mol. The Morgan fingerprint density at radius 2 is 1.88 bits per heavy atom. The number of nitrogens with zero attached hydrogens (tertiary/aromatic N) is 3. The molecule has 5 nitrogen and oxygen atoms in total. The van der Waals surface area contributed by atoms with E-state index in [1.807, 2.05) is 70.9 Å². The lowest BCUT2D eigenvalue weighted by Crippen LogP contribution is -2.22. The highest BCUT2D eigenvalue weighted by atomic mass is 32.1. The Kier molecular flexibility index (Phi) is 4.57. The van der Waals surface area contributed by atoms with Crippen LogP contribution in [0.3, 0.4) is 0 Å². The fraction of sp³-hybridized carbons (Fsp3) is 0.0500. The van der Waals surface area contributed by atoms with Crippen LogP contribution < -0.4 is 5.32 Å². The van der Waals surface area contributed by atoms with Crippen LogP contribution in [0.15, 0.2) is 78.7 Å². The van der Waals surface area contributed by atoms with Crippen molar-refractivity contribution in [3.8, 4) is 16.3 Å². The summed E-state index contributed by atoms with van der Waals surface area (Å²) in [5.41, 5.74) is 3.47. The highest BCUT2D eigenvalue weighted by Gasteiger charge is 2.08. The zero-order chi connectivity index (χ0) is 17.8. The molecule has 0 saturated carbocycles. The smallest absolute Gasteiger partial charge is 0.251 e. The molecule has 0 spiro atoms. The summed E-state index contributed by atoms with van der Waals surface area (Å²) in [6.45, 7) is 0.398. The summed E-state index contributed by atoms with van der Waals surface area (Å²) in [6, 6.07) is 15.3. The number of rotatable bonds is 5. The molecule has 4 rings (SSSR count). The fourth-order valence-corrected chi connectivity index (χ4v) is 3.39. The molecule has 1 aromatic carbocycles. The summed E-state index contributed by atoms with van der Waals surface area (Å²) >= 11 is 1.55. The average Bonchev–Trinajstić information content (AvgIpc) is 3.39. The first kappa shape index (κ1) is 16.2. The van der Waals surface area contributed by atoms with Gasteiger partial charge in [0.05, 0.1) is 12.2 Å². The molecule has 0 atom stereocenters. The third-order valence-corrected chi connectivity index (χ3v) is 4.86. The SMILES string of the molecule is O=C(NCc1csc(-c2cccnc2)n1)c1ccc(-n2cccc2)cc1. The van der Waals surface area contributed by atoms with E-state index in [9.17, 15) is 4.79 Å². The molecule has 0 unspecified atom stereocenters. The Balaban J connectivity index is 1.39. The largest absolute Gasteiger partial charge is 0.346 e. The molecule has 6 heteroatoms. The molecular weight excluding hydrogens is 344 g/mol. The Morgan fingerprint density at radius 1 is 1.08 bits per heavy atom. The molecule has 0 aliphatic rings. The second kappa shape index (κ2) is 7.33. The van der Waals surface area contributed by atoms with E-state index in [1.54, 1.807) is 23.7 Å². The number of hydrogen-bond acceptors (Lipinski definition) is 4. The number of amides is 1. The summed E-state index contributed by atoms with van der Waals surface area (Å²) in [4.78, 5) is 21.0. The van der Waals surface area contributed by atoms with Crippen LogP contribution in [0.1, 0.15) is 16.1 Å². The fourth-order valence-electron chi connectivity index (χ4n) is 2.57. The van der Waals surface area contributed by atoms with Crippen LogP contribution in [0.2, 0.25) is 0 Å². The molecule has 1 amide bonds. The van der Waals surface area contributed by atoms with Crippen molar-refractivity contribution in [1.82, 2.24) is 19.9 Å². The molecule has 0 aliphatic heterocycles. The van der Waals surface area contributed by atoms with Crippen LogP contribution in [0.5, 0.6) is 0 Å². The predicted octanol–water partition coefficient (Wildman–Crippen LogP) is 3.93. The third-order valence-electron chi connectivity index (χ3n) is 3.92. The van der Waals surface area contributed by atoms with E-state index in [0.29, 0.717) is 12.1 Å². The average molecular weight is 360 g/mol. The maximum Gasteiger partial charge on any atom is 0.251 e. The first-order valence-electron chi connectivity index (χ1n) is 8.16. The van der Waals surface area contributed by atoms with Gasteiger partial charge in [0.1, 0.15) is 5.01 Å². The van der Waals surface area contributed by atoms with Crippen LogP contribution >= 0.6 is 11.3 Å². The number of carbonyl (C=O) groups excluding carboxylic acids is 1. The van der Waals surface area contributed by atoms with Crippen molar-refractivity contribution in [2.75, 3.05) is 0 Å². The molecule has 4 aromatic rings. The maximum absolute atomic E-state index is 12.3. The van der Waals surface area contributed by atoms with E-state index in [-0.39, 0.29) is 5.91 Å². The second-order valence-electron chi connectivity index (χ2n) is 5.71. The Labute approximate surface area is 155 Å². The van der Waals surface area contributed by atoms with Gasteiger partial charge in [-0.25, -0.2) is 4.98 Å². The van der Waals surface area contributed by atoms with Gasteiger partial charge in [-0.2, -0.15) is 0 Å². The molecule has 1 N–H and O–H groups in total. The van der Waals surface area contributed by atoms with E-state index >= 15 is 0 Å². The summed E-state index contributed by atoms with van der Waals surface area (Å²) in [7, 11) is 0. The monoisotopic (exact) mass is 360 g/mol. The minimum atomic E-state index is -0.111. The van der Waals surface area contributed by atoms with Crippen molar-refractivity contribution >= 4 is 17.2 Å². The van der Waals surface area contributed by atoms with Crippen molar-refractivity contribution in [3.63, 3.8) is 0 Å². The number of nitrogens with one attached hydrogen (secondary N) is 1. The summed E-state index contributed by atoms with van der Waals surface area (Å²) < 4.78 is 2.00. The van der Waals surface area contributed by atoms with Gasteiger partial charge in [-0.1, -0.05) is 0 Å². The van der Waals surface area contributed by atoms with Gasteiger partial charge in [-0.3, -0.25) is 9.78 Å². The van der Waals surface area contributed by atoms with Crippen LogP contribution in [0.25, 0.3) is 16.3 Å². The van der Waals surface area contributed by atoms with Gasteiger partial charge in [-0.05, 0) is 48.5 Å². The third kappa shape index (κ3) is 3.55. The topological polar surface area (TPSA) is 59.8 Å². The zero-order valence-electron chi connectivity index (χ0n) is 13.9. The lowest BCUT2D eigenvalue weighted by atomic mass is 10.2. The minimum absolute atomic E-state index is 0.111. The van der Waals surface area contributed by atoms with E-state index in [2.05, 4.69) is 15.3 Å². The second-order valence-corrected chi connectivity index (χ2v) is 6.56. The van der Waals surface area contributed by atoms with Crippen LogP contribution in [-0.4, -0.2) is 20.4 Å². The summed E-state index contributed by atoms with van der Waals surface area (Å²) in [5, 5.41) is 5.77. The Hall–Kier alpha value is -3.25.